The number of nitrogens with zero attached hydrogens (tertiary/aromatic N) is 1. The van der Waals surface area contributed by atoms with Gasteiger partial charge in [0.25, 0.3) is 0 Å². The molecule has 1 aromatic rings. The molecule has 0 aliphatic carbocycles. The number of alkyl halides is 3. The molecule has 8 heteroatoms. The van der Waals surface area contributed by atoms with Gasteiger partial charge in [0.05, 0.1) is 12.1 Å². The molecular formula is C17H25ClF3N3O. The number of rotatable bonds is 6. The van der Waals surface area contributed by atoms with Gasteiger partial charge in [-0.15, -0.1) is 12.4 Å². The summed E-state index contributed by atoms with van der Waals surface area (Å²) in [7, 11) is 1.95. The van der Waals surface area contributed by atoms with Gasteiger partial charge in [0.15, 0.2) is 0 Å². The van der Waals surface area contributed by atoms with E-state index in [1.165, 1.54) is 12.1 Å². The Bertz CT molecular complexity index is 529. The fourth-order valence-electron chi connectivity index (χ4n) is 2.93. The maximum absolute atomic E-state index is 12.5. The molecule has 1 amide bonds. The summed E-state index contributed by atoms with van der Waals surface area (Å²) in [5.41, 5.74) is -0.332. The molecule has 2 rings (SSSR count). The third-order valence-corrected chi connectivity index (χ3v) is 4.37. The van der Waals surface area contributed by atoms with Crippen LogP contribution in [0.25, 0.3) is 0 Å². The molecule has 1 aromatic carbocycles. The smallest absolute Gasteiger partial charge is 0.325 e. The summed E-state index contributed by atoms with van der Waals surface area (Å²) in [5.74, 6) is 0.509. The van der Waals surface area contributed by atoms with Crippen molar-refractivity contribution in [2.75, 3.05) is 38.5 Å². The first-order chi connectivity index (χ1) is 11.4. The van der Waals surface area contributed by atoms with E-state index in [4.69, 9.17) is 0 Å². The Morgan fingerprint density at radius 2 is 1.80 bits per heavy atom. The molecule has 0 radical (unpaired) electrons. The Hall–Kier alpha value is -1.31. The van der Waals surface area contributed by atoms with E-state index < -0.39 is 11.7 Å². The number of carbonyl (C=O) groups is 1. The van der Waals surface area contributed by atoms with Crippen LogP contribution in [0.15, 0.2) is 24.3 Å². The molecule has 0 aromatic heterocycles. The van der Waals surface area contributed by atoms with Crippen molar-refractivity contribution in [3.63, 3.8) is 0 Å². The Morgan fingerprint density at radius 1 is 1.20 bits per heavy atom. The van der Waals surface area contributed by atoms with Gasteiger partial charge < -0.3 is 10.6 Å². The molecule has 142 valence electrons. The van der Waals surface area contributed by atoms with Crippen LogP contribution in [0, 0.1) is 5.92 Å². The number of piperidine rings is 1. The second-order valence-corrected chi connectivity index (χ2v) is 6.24. The number of amides is 1. The zero-order valence-electron chi connectivity index (χ0n) is 14.2. The lowest BCUT2D eigenvalue weighted by molar-refractivity contribution is -0.137. The summed E-state index contributed by atoms with van der Waals surface area (Å²) >= 11 is 0. The molecule has 0 bridgehead atoms. The molecule has 1 aliphatic heterocycles. The molecule has 0 saturated carbocycles. The molecule has 1 aliphatic rings. The Kier molecular flexibility index (Phi) is 8.68. The predicted octanol–water partition coefficient (Wildman–Crippen LogP) is 3.39. The molecule has 1 fully saturated rings. The molecule has 0 atom stereocenters. The van der Waals surface area contributed by atoms with Crippen LogP contribution in [0.4, 0.5) is 18.9 Å². The van der Waals surface area contributed by atoms with Crippen molar-refractivity contribution < 1.29 is 18.0 Å². The maximum Gasteiger partial charge on any atom is 0.416 e. The highest BCUT2D eigenvalue weighted by molar-refractivity contribution is 5.92. The van der Waals surface area contributed by atoms with Gasteiger partial charge in [-0.1, -0.05) is 0 Å². The van der Waals surface area contributed by atoms with Crippen molar-refractivity contribution in [2.24, 2.45) is 5.92 Å². The van der Waals surface area contributed by atoms with E-state index in [1.54, 1.807) is 0 Å². The fourth-order valence-corrected chi connectivity index (χ4v) is 2.93. The molecule has 0 spiro atoms. The number of likely N-dealkylation sites (tertiary alicyclic amines) is 1. The number of nitrogens with one attached hydrogen (secondary N) is 2. The highest BCUT2D eigenvalue weighted by Gasteiger charge is 2.30. The lowest BCUT2D eigenvalue weighted by Gasteiger charge is -2.31. The first-order valence-electron chi connectivity index (χ1n) is 8.22. The average molecular weight is 380 g/mol. The number of hydrogen-bond acceptors (Lipinski definition) is 3. The number of anilines is 1. The highest BCUT2D eigenvalue weighted by Crippen LogP contribution is 2.29. The average Bonchev–Trinajstić information content (AvgIpc) is 2.54. The maximum atomic E-state index is 12.5. The van der Waals surface area contributed by atoms with Gasteiger partial charge >= 0.3 is 6.18 Å². The van der Waals surface area contributed by atoms with Crippen LogP contribution < -0.4 is 10.6 Å². The van der Waals surface area contributed by atoms with Crippen molar-refractivity contribution in [1.29, 1.82) is 0 Å². The molecule has 4 nitrogen and oxygen atoms in total. The van der Waals surface area contributed by atoms with E-state index in [2.05, 4.69) is 15.5 Å². The van der Waals surface area contributed by atoms with Crippen molar-refractivity contribution >= 4 is 24.0 Å². The molecule has 1 heterocycles. The third kappa shape index (κ3) is 7.22. The third-order valence-electron chi connectivity index (χ3n) is 4.37. The van der Waals surface area contributed by atoms with Gasteiger partial charge in [-0.2, -0.15) is 13.2 Å². The SMILES string of the molecule is CNCCC1CCN(CC(=O)Nc2ccc(C(F)(F)F)cc2)CC1.Cl. The lowest BCUT2D eigenvalue weighted by atomic mass is 9.93. The molecule has 0 unspecified atom stereocenters. The van der Waals surface area contributed by atoms with E-state index in [0.717, 1.165) is 51.0 Å². The number of halogens is 4. The van der Waals surface area contributed by atoms with Gasteiger partial charge in [0.1, 0.15) is 0 Å². The summed E-state index contributed by atoms with van der Waals surface area (Å²) in [6, 6.07) is 4.52. The van der Waals surface area contributed by atoms with Gasteiger partial charge in [0.2, 0.25) is 5.91 Å². The minimum atomic E-state index is -4.36. The Balaban J connectivity index is 0.00000312. The van der Waals surface area contributed by atoms with Gasteiger partial charge in [0, 0.05) is 5.69 Å². The van der Waals surface area contributed by atoms with E-state index in [1.807, 2.05) is 7.05 Å². The second kappa shape index (κ2) is 9.99. The van der Waals surface area contributed by atoms with Gasteiger partial charge in [-0.05, 0) is 76.1 Å². The van der Waals surface area contributed by atoms with Crippen molar-refractivity contribution in [1.82, 2.24) is 10.2 Å². The van der Waals surface area contributed by atoms with E-state index in [-0.39, 0.29) is 24.9 Å². The van der Waals surface area contributed by atoms with Gasteiger partial charge in [-0.25, -0.2) is 0 Å². The number of hydrogen-bond donors (Lipinski definition) is 2. The number of carbonyl (C=O) groups excluding carboxylic acids is 1. The zero-order chi connectivity index (χ0) is 17.6. The van der Waals surface area contributed by atoms with Crippen LogP contribution in [-0.4, -0.2) is 44.0 Å². The van der Waals surface area contributed by atoms with Crippen LogP contribution in [0.5, 0.6) is 0 Å². The second-order valence-electron chi connectivity index (χ2n) is 6.24. The first-order valence-corrected chi connectivity index (χ1v) is 8.22. The zero-order valence-corrected chi connectivity index (χ0v) is 15.1. The Labute approximate surface area is 152 Å². The number of benzene rings is 1. The molecule has 1 saturated heterocycles. The lowest BCUT2D eigenvalue weighted by Crippen LogP contribution is -2.39. The van der Waals surface area contributed by atoms with Crippen LogP contribution in [-0.2, 0) is 11.0 Å². The van der Waals surface area contributed by atoms with Crippen LogP contribution >= 0.6 is 12.4 Å². The first kappa shape index (κ1) is 21.7. The summed E-state index contributed by atoms with van der Waals surface area (Å²) in [6.07, 6.45) is -1.05. The van der Waals surface area contributed by atoms with E-state index in [9.17, 15) is 18.0 Å². The predicted molar refractivity (Wildman–Crippen MR) is 95.0 cm³/mol. The van der Waals surface area contributed by atoms with E-state index >= 15 is 0 Å². The van der Waals surface area contributed by atoms with Crippen LogP contribution in [0.3, 0.4) is 0 Å². The highest BCUT2D eigenvalue weighted by atomic mass is 35.5. The van der Waals surface area contributed by atoms with Crippen molar-refractivity contribution in [3.8, 4) is 0 Å². The minimum Gasteiger partial charge on any atom is -0.325 e. The standard InChI is InChI=1S/C17H24F3N3O.ClH/c1-21-9-6-13-7-10-23(11-8-13)12-16(24)22-15-4-2-14(3-5-15)17(18,19)20;/h2-5,13,21H,6-12H2,1H3,(H,22,24);1H. The minimum absolute atomic E-state index is 0. The Morgan fingerprint density at radius 3 is 2.32 bits per heavy atom. The van der Waals surface area contributed by atoms with E-state index in [0.29, 0.717) is 11.6 Å². The summed E-state index contributed by atoms with van der Waals surface area (Å²) in [4.78, 5) is 14.1. The van der Waals surface area contributed by atoms with Crippen molar-refractivity contribution in [3.05, 3.63) is 29.8 Å². The fraction of sp³-hybridized carbons (Fsp3) is 0.588. The monoisotopic (exact) mass is 379 g/mol. The van der Waals surface area contributed by atoms with Crippen LogP contribution in [0.1, 0.15) is 24.8 Å². The summed E-state index contributed by atoms with van der Waals surface area (Å²) in [6.45, 7) is 3.06. The quantitative estimate of drug-likeness (QED) is 0.796. The molecular weight excluding hydrogens is 355 g/mol. The largest absolute Gasteiger partial charge is 0.416 e. The van der Waals surface area contributed by atoms with Crippen molar-refractivity contribution in [2.45, 2.75) is 25.4 Å². The summed E-state index contributed by atoms with van der Waals surface area (Å²) < 4.78 is 37.5. The van der Waals surface area contributed by atoms with Crippen LogP contribution in [0.2, 0.25) is 0 Å². The topological polar surface area (TPSA) is 44.4 Å². The normalized spacial score (nSPS) is 16.3. The summed E-state index contributed by atoms with van der Waals surface area (Å²) in [5, 5.41) is 5.81. The molecule has 2 N–H and O–H groups in total. The molecule has 25 heavy (non-hydrogen) atoms. The van der Waals surface area contributed by atoms with Gasteiger partial charge in [-0.3, -0.25) is 9.69 Å².